The van der Waals surface area contributed by atoms with Gasteiger partial charge in [0.1, 0.15) is 6.26 Å². The molecule has 2 aromatic heterocycles. The van der Waals surface area contributed by atoms with Gasteiger partial charge in [-0.25, -0.2) is 0 Å². The molecule has 0 aliphatic heterocycles. The lowest BCUT2D eigenvalue weighted by Gasteiger charge is -1.99. The standard InChI is InChI=1S/C10H11N3O2/c1-7-2-3-9(5-12-7)15-10-13-8(4-11)6-14-10/h2-3,5-6H,4,11H2,1H3. The Kier molecular flexibility index (Phi) is 2.64. The normalized spacial score (nSPS) is 10.3. The second-order valence-corrected chi connectivity index (χ2v) is 3.05. The summed E-state index contributed by atoms with van der Waals surface area (Å²) >= 11 is 0. The molecule has 0 aliphatic carbocycles. The summed E-state index contributed by atoms with van der Waals surface area (Å²) in [7, 11) is 0. The smallest absolute Gasteiger partial charge is 0.399 e. The zero-order valence-corrected chi connectivity index (χ0v) is 8.30. The number of aromatic nitrogens is 2. The van der Waals surface area contributed by atoms with Gasteiger partial charge in [-0.05, 0) is 19.1 Å². The quantitative estimate of drug-likeness (QED) is 0.824. The van der Waals surface area contributed by atoms with Crippen molar-refractivity contribution in [3.63, 3.8) is 0 Å². The van der Waals surface area contributed by atoms with Gasteiger partial charge in [-0.2, -0.15) is 4.98 Å². The molecule has 0 spiro atoms. The van der Waals surface area contributed by atoms with E-state index in [-0.39, 0.29) is 6.08 Å². The third kappa shape index (κ3) is 2.32. The van der Waals surface area contributed by atoms with E-state index in [0.29, 0.717) is 18.0 Å². The van der Waals surface area contributed by atoms with Gasteiger partial charge in [-0.3, -0.25) is 4.98 Å². The Labute approximate surface area is 86.9 Å². The molecule has 0 amide bonds. The van der Waals surface area contributed by atoms with E-state index in [1.165, 1.54) is 6.26 Å². The van der Waals surface area contributed by atoms with Gasteiger partial charge in [0.15, 0.2) is 5.75 Å². The Morgan fingerprint density at radius 2 is 2.33 bits per heavy atom. The van der Waals surface area contributed by atoms with Gasteiger partial charge in [0.25, 0.3) is 0 Å². The molecule has 0 aromatic carbocycles. The third-order valence-electron chi connectivity index (χ3n) is 1.83. The SMILES string of the molecule is Cc1ccc(Oc2nc(CN)co2)cn1. The van der Waals surface area contributed by atoms with E-state index in [1.54, 1.807) is 12.3 Å². The maximum Gasteiger partial charge on any atom is 0.399 e. The highest BCUT2D eigenvalue weighted by atomic mass is 16.6. The molecule has 0 radical (unpaired) electrons. The lowest BCUT2D eigenvalue weighted by molar-refractivity contribution is 0.329. The first kappa shape index (κ1) is 9.67. The van der Waals surface area contributed by atoms with Crippen LogP contribution in [0.5, 0.6) is 11.8 Å². The molecule has 2 aromatic rings. The summed E-state index contributed by atoms with van der Waals surface area (Å²) in [4.78, 5) is 8.09. The van der Waals surface area contributed by atoms with Crippen molar-refractivity contribution in [1.82, 2.24) is 9.97 Å². The molecular weight excluding hydrogens is 194 g/mol. The van der Waals surface area contributed by atoms with Crippen LogP contribution in [0.1, 0.15) is 11.4 Å². The van der Waals surface area contributed by atoms with Gasteiger partial charge >= 0.3 is 6.08 Å². The minimum atomic E-state index is 0.182. The maximum atomic E-state index is 5.39. The summed E-state index contributed by atoms with van der Waals surface area (Å²) in [6.07, 6.45) is 3.26. The first-order chi connectivity index (χ1) is 7.28. The van der Waals surface area contributed by atoms with Crippen LogP contribution in [-0.2, 0) is 6.54 Å². The average molecular weight is 205 g/mol. The van der Waals surface area contributed by atoms with Crippen LogP contribution in [-0.4, -0.2) is 9.97 Å². The molecule has 0 bridgehead atoms. The molecule has 5 nitrogen and oxygen atoms in total. The van der Waals surface area contributed by atoms with Crippen LogP contribution >= 0.6 is 0 Å². The van der Waals surface area contributed by atoms with Gasteiger partial charge in [0.05, 0.1) is 11.9 Å². The molecule has 78 valence electrons. The number of nitrogens with two attached hydrogens (primary N) is 1. The number of nitrogens with zero attached hydrogens (tertiary/aromatic N) is 2. The summed E-state index contributed by atoms with van der Waals surface area (Å²) in [5.41, 5.74) is 6.97. The molecule has 0 saturated heterocycles. The summed E-state index contributed by atoms with van der Waals surface area (Å²) in [5.74, 6) is 0.589. The van der Waals surface area contributed by atoms with E-state index in [2.05, 4.69) is 9.97 Å². The Hall–Kier alpha value is -1.88. The van der Waals surface area contributed by atoms with E-state index >= 15 is 0 Å². The van der Waals surface area contributed by atoms with Crippen molar-refractivity contribution in [2.45, 2.75) is 13.5 Å². The monoisotopic (exact) mass is 205 g/mol. The molecular formula is C10H11N3O2. The van der Waals surface area contributed by atoms with E-state index < -0.39 is 0 Å². The summed E-state index contributed by atoms with van der Waals surface area (Å²) in [6.45, 7) is 2.24. The van der Waals surface area contributed by atoms with Crippen LogP contribution in [0.4, 0.5) is 0 Å². The Morgan fingerprint density at radius 3 is 2.93 bits per heavy atom. The lowest BCUT2D eigenvalue weighted by Crippen LogP contribution is -1.95. The molecule has 5 heteroatoms. The molecule has 15 heavy (non-hydrogen) atoms. The number of oxazole rings is 1. The first-order valence-electron chi connectivity index (χ1n) is 4.53. The van der Waals surface area contributed by atoms with Gasteiger partial charge in [-0.15, -0.1) is 0 Å². The minimum Gasteiger partial charge on any atom is -0.417 e. The van der Waals surface area contributed by atoms with Crippen LogP contribution < -0.4 is 10.5 Å². The zero-order chi connectivity index (χ0) is 10.7. The van der Waals surface area contributed by atoms with Gasteiger partial charge in [-0.1, -0.05) is 0 Å². The molecule has 0 fully saturated rings. The number of rotatable bonds is 3. The molecule has 2 rings (SSSR count). The maximum absolute atomic E-state index is 5.39. The first-order valence-corrected chi connectivity index (χ1v) is 4.53. The largest absolute Gasteiger partial charge is 0.417 e. The fraction of sp³-hybridized carbons (Fsp3) is 0.200. The van der Waals surface area contributed by atoms with Crippen molar-refractivity contribution < 1.29 is 9.15 Å². The average Bonchev–Trinajstić information content (AvgIpc) is 2.69. The molecule has 0 saturated carbocycles. The van der Waals surface area contributed by atoms with Crippen LogP contribution in [0, 0.1) is 6.92 Å². The van der Waals surface area contributed by atoms with E-state index in [9.17, 15) is 0 Å². The van der Waals surface area contributed by atoms with Crippen molar-refractivity contribution in [3.05, 3.63) is 36.0 Å². The highest BCUT2D eigenvalue weighted by molar-refractivity contribution is 5.21. The van der Waals surface area contributed by atoms with E-state index in [4.69, 9.17) is 14.9 Å². The fourth-order valence-corrected chi connectivity index (χ4v) is 1.04. The Morgan fingerprint density at radius 1 is 1.47 bits per heavy atom. The highest BCUT2D eigenvalue weighted by Gasteiger charge is 2.04. The van der Waals surface area contributed by atoms with Crippen molar-refractivity contribution >= 4 is 0 Å². The summed E-state index contributed by atoms with van der Waals surface area (Å²) in [6, 6.07) is 3.65. The van der Waals surface area contributed by atoms with Crippen molar-refractivity contribution in [1.29, 1.82) is 0 Å². The second kappa shape index (κ2) is 4.10. The van der Waals surface area contributed by atoms with Gasteiger partial charge in [0.2, 0.25) is 0 Å². The van der Waals surface area contributed by atoms with Crippen LogP contribution in [0.2, 0.25) is 0 Å². The summed E-state index contributed by atoms with van der Waals surface area (Å²) in [5, 5.41) is 0. The van der Waals surface area contributed by atoms with Crippen molar-refractivity contribution in [3.8, 4) is 11.8 Å². The highest BCUT2D eigenvalue weighted by Crippen LogP contribution is 2.19. The minimum absolute atomic E-state index is 0.182. The molecule has 2 heterocycles. The Balaban J connectivity index is 2.11. The second-order valence-electron chi connectivity index (χ2n) is 3.05. The molecule has 0 aliphatic rings. The van der Waals surface area contributed by atoms with Crippen LogP contribution in [0.3, 0.4) is 0 Å². The number of hydrogen-bond donors (Lipinski definition) is 1. The molecule has 0 atom stereocenters. The number of ether oxygens (including phenoxy) is 1. The van der Waals surface area contributed by atoms with Crippen LogP contribution in [0.15, 0.2) is 29.0 Å². The fourth-order valence-electron chi connectivity index (χ4n) is 1.04. The van der Waals surface area contributed by atoms with E-state index in [0.717, 1.165) is 5.69 Å². The third-order valence-corrected chi connectivity index (χ3v) is 1.83. The number of aryl methyl sites for hydroxylation is 1. The zero-order valence-electron chi connectivity index (χ0n) is 8.30. The predicted molar refractivity (Wildman–Crippen MR) is 53.4 cm³/mol. The van der Waals surface area contributed by atoms with Crippen LogP contribution in [0.25, 0.3) is 0 Å². The number of hydrogen-bond acceptors (Lipinski definition) is 5. The summed E-state index contributed by atoms with van der Waals surface area (Å²) < 4.78 is 10.4. The van der Waals surface area contributed by atoms with Gasteiger partial charge < -0.3 is 14.9 Å². The van der Waals surface area contributed by atoms with Gasteiger partial charge in [0, 0.05) is 12.2 Å². The van der Waals surface area contributed by atoms with Crippen molar-refractivity contribution in [2.75, 3.05) is 0 Å². The molecule has 0 unspecified atom stereocenters. The molecule has 2 N–H and O–H groups in total. The predicted octanol–water partition coefficient (Wildman–Crippen LogP) is 1.63. The Bertz CT molecular complexity index is 436. The topological polar surface area (TPSA) is 74.2 Å². The number of pyridine rings is 1. The van der Waals surface area contributed by atoms with Crippen molar-refractivity contribution in [2.24, 2.45) is 5.73 Å². The lowest BCUT2D eigenvalue weighted by atomic mass is 10.4. The van der Waals surface area contributed by atoms with E-state index in [1.807, 2.05) is 13.0 Å².